The van der Waals surface area contributed by atoms with E-state index in [4.69, 9.17) is 9.78 Å². The number of hydrogen-bond acceptors (Lipinski definition) is 6. The van der Waals surface area contributed by atoms with Crippen molar-refractivity contribution in [3.05, 3.63) is 48.2 Å². The fraction of sp³-hybridized carbons (Fsp3) is 0.370. The molecule has 1 aliphatic rings. The minimum absolute atomic E-state index is 0.179. The molecule has 4 N–H and O–H groups in total. The van der Waals surface area contributed by atoms with Gasteiger partial charge in [-0.2, -0.15) is 5.10 Å². The lowest BCUT2D eigenvalue weighted by Gasteiger charge is -2.24. The van der Waals surface area contributed by atoms with Gasteiger partial charge in [-0.3, -0.25) is 9.48 Å². The molecule has 198 valence electrons. The van der Waals surface area contributed by atoms with Gasteiger partial charge in [-0.25, -0.2) is 9.97 Å². The smallest absolute Gasteiger partial charge is 0.204 e. The van der Waals surface area contributed by atoms with Crippen molar-refractivity contribution in [3.8, 4) is 11.1 Å². The maximum Gasteiger partial charge on any atom is 0.204 e. The van der Waals surface area contributed by atoms with E-state index >= 15 is 0 Å². The minimum atomic E-state index is -0.179. The Morgan fingerprint density at radius 2 is 1.92 bits per heavy atom. The van der Waals surface area contributed by atoms with Crippen LogP contribution < -0.4 is 15.4 Å². The van der Waals surface area contributed by atoms with Crippen LogP contribution >= 0.6 is 10.7 Å². The van der Waals surface area contributed by atoms with E-state index in [0.717, 1.165) is 50.9 Å². The van der Waals surface area contributed by atoms with Gasteiger partial charge < -0.3 is 20.3 Å². The van der Waals surface area contributed by atoms with Gasteiger partial charge in [-0.15, -0.1) is 10.7 Å². The molecule has 3 aromatic heterocycles. The second-order valence-corrected chi connectivity index (χ2v) is 10.7. The highest BCUT2D eigenvalue weighted by Gasteiger charge is 2.36. The number of nitrogens with one attached hydrogen (secondary N) is 2. The number of fused-ring (bicyclic) bond motifs is 1. The van der Waals surface area contributed by atoms with E-state index in [0.29, 0.717) is 11.8 Å². The fourth-order valence-corrected chi connectivity index (χ4v) is 4.59. The van der Waals surface area contributed by atoms with E-state index in [9.17, 15) is 0 Å². The monoisotopic (exact) mass is 522 g/mol. The van der Waals surface area contributed by atoms with Gasteiger partial charge >= 0.3 is 0 Å². The number of rotatable bonds is 6. The first-order chi connectivity index (χ1) is 17.7. The summed E-state index contributed by atoms with van der Waals surface area (Å²) in [5.41, 5.74) is 12.3. The van der Waals surface area contributed by atoms with Crippen LogP contribution in [0.15, 0.2) is 36.7 Å². The van der Waals surface area contributed by atoms with Crippen LogP contribution in [-0.2, 0) is 11.8 Å². The van der Waals surface area contributed by atoms with Gasteiger partial charge in [0.1, 0.15) is 11.3 Å². The van der Waals surface area contributed by atoms with Crippen molar-refractivity contribution >= 4 is 51.2 Å². The Kier molecular flexibility index (Phi) is 9.09. The first-order valence-electron chi connectivity index (χ1n) is 12.3. The number of nitrogens with zero attached hydrogens (tertiary/aromatic N) is 5. The zero-order valence-corrected chi connectivity index (χ0v) is 23.6. The Bertz CT molecular complexity index is 1390. The standard InChI is InChI=1S/C24H29N7S.C2H6.CH3NO/c1-14-9-18(14)20-11-21(23-24(29-20)27-15(2)26-23)28-19-8-7-16(17-12-25-30(3)13-17)10-22(19)31(4)32(5)6;1-2;2-1-3/h7-8,10-14,18H,5,9H2,1-4,6H3,(H2,26,27,28,29);1-2H3;1H,(H2,2,3). The van der Waals surface area contributed by atoms with E-state index in [1.807, 2.05) is 44.9 Å². The number of primary amides is 1. The fourth-order valence-electron chi connectivity index (χ4n) is 4.11. The van der Waals surface area contributed by atoms with Crippen LogP contribution in [0.25, 0.3) is 22.3 Å². The van der Waals surface area contributed by atoms with Crippen molar-refractivity contribution < 1.29 is 4.79 Å². The Balaban J connectivity index is 0.000000711. The van der Waals surface area contributed by atoms with Crippen molar-refractivity contribution in [3.63, 3.8) is 0 Å². The molecule has 0 saturated heterocycles. The van der Waals surface area contributed by atoms with Gasteiger partial charge in [0.25, 0.3) is 0 Å². The molecule has 0 spiro atoms. The molecule has 1 aliphatic carbocycles. The summed E-state index contributed by atoms with van der Waals surface area (Å²) >= 11 is 0. The number of hydrogen-bond donors (Lipinski definition) is 3. The summed E-state index contributed by atoms with van der Waals surface area (Å²) in [5.74, 6) is 6.33. The summed E-state index contributed by atoms with van der Waals surface area (Å²) in [6, 6.07) is 8.65. The molecule has 4 aromatic rings. The highest BCUT2D eigenvalue weighted by atomic mass is 32.2. The summed E-state index contributed by atoms with van der Waals surface area (Å²) in [7, 11) is 3.84. The summed E-state index contributed by atoms with van der Waals surface area (Å²) in [4.78, 5) is 21.4. The normalized spacial score (nSPS) is 16.6. The predicted molar refractivity (Wildman–Crippen MR) is 158 cm³/mol. The van der Waals surface area contributed by atoms with E-state index in [2.05, 4.69) is 80.8 Å². The third-order valence-electron chi connectivity index (χ3n) is 6.20. The van der Waals surface area contributed by atoms with E-state index in [-0.39, 0.29) is 17.1 Å². The molecule has 1 saturated carbocycles. The zero-order valence-electron chi connectivity index (χ0n) is 22.7. The molecule has 10 heteroatoms. The molecule has 9 nitrogen and oxygen atoms in total. The largest absolute Gasteiger partial charge is 0.372 e. The Morgan fingerprint density at radius 1 is 1.24 bits per heavy atom. The van der Waals surface area contributed by atoms with Crippen molar-refractivity contribution in [1.29, 1.82) is 0 Å². The molecule has 0 bridgehead atoms. The summed E-state index contributed by atoms with van der Waals surface area (Å²) in [5, 5.41) is 8.02. The second-order valence-electron chi connectivity index (χ2n) is 8.93. The quantitative estimate of drug-likeness (QED) is 0.232. The van der Waals surface area contributed by atoms with Crippen molar-refractivity contribution in [2.24, 2.45) is 18.7 Å². The number of carbonyl (C=O) groups excluding carboxylic acids is 1. The first-order valence-corrected chi connectivity index (χ1v) is 14.1. The highest BCUT2D eigenvalue weighted by Crippen LogP contribution is 2.47. The lowest BCUT2D eigenvalue weighted by molar-refractivity contribution is -0.106. The lowest BCUT2D eigenvalue weighted by atomic mass is 10.1. The van der Waals surface area contributed by atoms with Crippen LogP contribution in [0.1, 0.15) is 44.6 Å². The predicted octanol–water partition coefficient (Wildman–Crippen LogP) is 5.34. The van der Waals surface area contributed by atoms with Gasteiger partial charge in [-0.05, 0) is 49.3 Å². The molecule has 3 atom stereocenters. The Labute approximate surface area is 221 Å². The molecule has 1 amide bonds. The van der Waals surface area contributed by atoms with Crippen molar-refractivity contribution in [1.82, 2.24) is 24.7 Å². The molecule has 37 heavy (non-hydrogen) atoms. The summed E-state index contributed by atoms with van der Waals surface area (Å²) < 4.78 is 4.04. The molecule has 0 aliphatic heterocycles. The van der Waals surface area contributed by atoms with Gasteiger partial charge in [-0.1, -0.05) is 32.7 Å². The highest BCUT2D eigenvalue weighted by molar-refractivity contribution is 8.14. The Morgan fingerprint density at radius 3 is 2.49 bits per heavy atom. The number of amides is 1. The second kappa shape index (κ2) is 12.1. The summed E-state index contributed by atoms with van der Waals surface area (Å²) in [6.45, 7) is 8.25. The van der Waals surface area contributed by atoms with Crippen LogP contribution in [-0.4, -0.2) is 50.3 Å². The van der Waals surface area contributed by atoms with E-state index < -0.39 is 0 Å². The molecule has 0 radical (unpaired) electrons. The molecule has 5 rings (SSSR count). The molecular weight excluding hydrogens is 484 g/mol. The number of pyridine rings is 1. The minimum Gasteiger partial charge on any atom is -0.372 e. The number of nitrogens with two attached hydrogens (primary N) is 1. The molecule has 1 fully saturated rings. The third kappa shape index (κ3) is 6.37. The lowest BCUT2D eigenvalue weighted by Crippen LogP contribution is -2.11. The number of H-pyrrole nitrogens is 1. The first kappa shape index (κ1) is 27.9. The van der Waals surface area contributed by atoms with Gasteiger partial charge in [0.05, 0.1) is 23.3 Å². The number of aromatic amines is 1. The maximum atomic E-state index is 8.58. The SMILES string of the molecule is C=S(C)N(C)c1cc(-c2cnn(C)c2)ccc1Nc1cc(C2CC2C)nc2nc(C)[nH]c12.CC.NC=O. The van der Waals surface area contributed by atoms with E-state index in [1.54, 1.807) is 0 Å². The van der Waals surface area contributed by atoms with E-state index in [1.165, 1.54) is 6.42 Å². The van der Waals surface area contributed by atoms with Crippen LogP contribution in [0.2, 0.25) is 0 Å². The zero-order chi connectivity index (χ0) is 27.3. The van der Waals surface area contributed by atoms with Crippen LogP contribution in [0, 0.1) is 12.8 Å². The van der Waals surface area contributed by atoms with Gasteiger partial charge in [0, 0.05) is 37.5 Å². The van der Waals surface area contributed by atoms with Crippen LogP contribution in [0.4, 0.5) is 17.1 Å². The third-order valence-corrected chi connectivity index (χ3v) is 7.33. The number of benzene rings is 1. The molecule has 3 heterocycles. The van der Waals surface area contributed by atoms with Gasteiger partial charge in [0.2, 0.25) is 6.41 Å². The number of aromatic nitrogens is 5. The molecule has 1 aromatic carbocycles. The topological polar surface area (TPSA) is 118 Å². The Hall–Kier alpha value is -3.66. The van der Waals surface area contributed by atoms with Crippen LogP contribution in [0.5, 0.6) is 0 Å². The molecular formula is C27H38N8OS. The number of carbonyl (C=O) groups is 1. The van der Waals surface area contributed by atoms with Crippen molar-refractivity contribution in [2.75, 3.05) is 22.9 Å². The van der Waals surface area contributed by atoms with Gasteiger partial charge in [0.15, 0.2) is 5.65 Å². The van der Waals surface area contributed by atoms with Crippen molar-refractivity contribution in [2.45, 2.75) is 40.0 Å². The maximum absolute atomic E-state index is 8.58. The number of aryl methyl sites for hydroxylation is 2. The van der Waals surface area contributed by atoms with Crippen LogP contribution in [0.3, 0.4) is 0 Å². The molecule has 3 unspecified atom stereocenters. The summed E-state index contributed by atoms with van der Waals surface area (Å²) in [6.07, 6.45) is 7.49. The average Bonchev–Trinajstić information content (AvgIpc) is 3.24. The number of imidazole rings is 1. The number of anilines is 3. The average molecular weight is 523 g/mol.